The lowest BCUT2D eigenvalue weighted by molar-refractivity contribution is -0.141. The number of carbonyl (C=O) groups is 2. The van der Waals surface area contributed by atoms with E-state index in [9.17, 15) is 9.59 Å². The van der Waals surface area contributed by atoms with Gasteiger partial charge in [-0.25, -0.2) is 9.78 Å². The second-order valence-electron chi connectivity index (χ2n) is 6.44. The highest BCUT2D eigenvalue weighted by molar-refractivity contribution is 5.93. The fourth-order valence-corrected chi connectivity index (χ4v) is 2.94. The number of amides is 1. The molecule has 0 N–H and O–H groups in total. The molecule has 0 aliphatic carbocycles. The molecule has 1 aromatic carbocycles. The molecule has 0 unspecified atom stereocenters. The second kappa shape index (κ2) is 6.99. The zero-order valence-electron chi connectivity index (χ0n) is 14.1. The van der Waals surface area contributed by atoms with E-state index >= 15 is 0 Å². The van der Waals surface area contributed by atoms with E-state index in [0.29, 0.717) is 5.92 Å². The molecule has 2 heterocycles. The Morgan fingerprint density at radius 1 is 1.17 bits per heavy atom. The first-order valence-electron chi connectivity index (χ1n) is 8.40. The molecule has 1 amide bonds. The lowest BCUT2D eigenvalue weighted by atomic mass is 9.99. The van der Waals surface area contributed by atoms with Crippen LogP contribution in [-0.2, 0) is 9.53 Å². The number of benzene rings is 1. The number of carbonyl (C=O) groups excluding carboxylic acids is 2. The van der Waals surface area contributed by atoms with Crippen LogP contribution in [0.15, 0.2) is 36.4 Å². The minimum absolute atomic E-state index is 0.129. The Kier molecular flexibility index (Phi) is 4.79. The molecule has 0 radical (unpaired) electrons. The van der Waals surface area contributed by atoms with Gasteiger partial charge in [-0.3, -0.25) is 4.79 Å². The summed E-state index contributed by atoms with van der Waals surface area (Å²) >= 11 is 0. The third-order valence-corrected chi connectivity index (χ3v) is 4.53. The van der Waals surface area contributed by atoms with Crippen LogP contribution in [0, 0.1) is 5.92 Å². The fraction of sp³-hybridized carbons (Fsp3) is 0.421. The molecule has 1 fully saturated rings. The summed E-state index contributed by atoms with van der Waals surface area (Å²) in [5.41, 5.74) is 0.955. The van der Waals surface area contributed by atoms with Gasteiger partial charge in [0, 0.05) is 18.5 Å². The summed E-state index contributed by atoms with van der Waals surface area (Å²) < 4.78 is 5.33. The van der Waals surface area contributed by atoms with Crippen molar-refractivity contribution in [2.45, 2.75) is 32.8 Å². The summed E-state index contributed by atoms with van der Waals surface area (Å²) in [4.78, 5) is 30.8. The SMILES string of the molecule is CC1CCN(C(=O)[C@H](C)OC(=O)c2ccc3ccccc3n2)CC1. The number of nitrogens with zero attached hydrogens (tertiary/aromatic N) is 2. The number of aromatic nitrogens is 1. The molecule has 0 spiro atoms. The standard InChI is InChI=1S/C19H22N2O3/c1-13-9-11-21(12-10-13)18(22)14(2)24-19(23)17-8-7-15-5-3-4-6-16(15)20-17/h3-8,13-14H,9-12H2,1-2H3/t14-/m0/s1. The maximum absolute atomic E-state index is 12.4. The maximum Gasteiger partial charge on any atom is 0.357 e. The van der Waals surface area contributed by atoms with Crippen LogP contribution in [0.5, 0.6) is 0 Å². The van der Waals surface area contributed by atoms with Crippen molar-refractivity contribution in [2.75, 3.05) is 13.1 Å². The molecule has 5 nitrogen and oxygen atoms in total. The molecule has 3 rings (SSSR count). The van der Waals surface area contributed by atoms with Crippen molar-refractivity contribution < 1.29 is 14.3 Å². The van der Waals surface area contributed by atoms with Gasteiger partial charge in [0.15, 0.2) is 6.10 Å². The van der Waals surface area contributed by atoms with E-state index in [-0.39, 0.29) is 11.6 Å². The third-order valence-electron chi connectivity index (χ3n) is 4.53. The number of fused-ring (bicyclic) bond motifs is 1. The fourth-order valence-electron chi connectivity index (χ4n) is 2.94. The van der Waals surface area contributed by atoms with Gasteiger partial charge in [0.05, 0.1) is 5.52 Å². The maximum atomic E-state index is 12.4. The predicted octanol–water partition coefficient (Wildman–Crippen LogP) is 3.04. The van der Waals surface area contributed by atoms with Gasteiger partial charge < -0.3 is 9.64 Å². The minimum Gasteiger partial charge on any atom is -0.448 e. The highest BCUT2D eigenvalue weighted by Crippen LogP contribution is 2.18. The molecule has 0 bridgehead atoms. The Morgan fingerprint density at radius 2 is 1.88 bits per heavy atom. The average Bonchev–Trinajstić information content (AvgIpc) is 2.61. The van der Waals surface area contributed by atoms with Crippen LogP contribution in [0.4, 0.5) is 0 Å². The van der Waals surface area contributed by atoms with Crippen LogP contribution in [0.25, 0.3) is 10.9 Å². The Bertz CT molecular complexity index is 751. The second-order valence-corrected chi connectivity index (χ2v) is 6.44. The van der Waals surface area contributed by atoms with Gasteiger partial charge in [-0.1, -0.05) is 31.2 Å². The van der Waals surface area contributed by atoms with Crippen LogP contribution in [0.3, 0.4) is 0 Å². The number of ether oxygens (including phenoxy) is 1. The first-order chi connectivity index (χ1) is 11.5. The number of rotatable bonds is 3. The van der Waals surface area contributed by atoms with E-state index in [2.05, 4.69) is 11.9 Å². The molecule has 126 valence electrons. The first kappa shape index (κ1) is 16.4. The van der Waals surface area contributed by atoms with Crippen LogP contribution in [0.2, 0.25) is 0 Å². The molecule has 0 saturated carbocycles. The van der Waals surface area contributed by atoms with E-state index in [1.165, 1.54) is 0 Å². The van der Waals surface area contributed by atoms with Crippen molar-refractivity contribution in [3.8, 4) is 0 Å². The molecule has 1 aliphatic heterocycles. The number of likely N-dealkylation sites (tertiary alicyclic amines) is 1. The molecule has 24 heavy (non-hydrogen) atoms. The van der Waals surface area contributed by atoms with Gasteiger partial charge in [-0.15, -0.1) is 0 Å². The monoisotopic (exact) mass is 326 g/mol. The molecule has 1 aromatic heterocycles. The zero-order valence-corrected chi connectivity index (χ0v) is 14.1. The van der Waals surface area contributed by atoms with E-state index < -0.39 is 12.1 Å². The van der Waals surface area contributed by atoms with E-state index in [1.54, 1.807) is 17.9 Å². The summed E-state index contributed by atoms with van der Waals surface area (Å²) in [5, 5.41) is 0.959. The van der Waals surface area contributed by atoms with Crippen LogP contribution in [-0.4, -0.2) is 41.0 Å². The number of hydrogen-bond donors (Lipinski definition) is 0. The zero-order chi connectivity index (χ0) is 17.1. The van der Waals surface area contributed by atoms with Crippen molar-refractivity contribution in [3.63, 3.8) is 0 Å². The Balaban J connectivity index is 1.65. The van der Waals surface area contributed by atoms with E-state index in [0.717, 1.165) is 36.8 Å². The minimum atomic E-state index is -0.792. The van der Waals surface area contributed by atoms with Crippen molar-refractivity contribution >= 4 is 22.8 Å². The third kappa shape index (κ3) is 3.55. The van der Waals surface area contributed by atoms with Gasteiger partial charge in [-0.05, 0) is 37.8 Å². The Hall–Kier alpha value is -2.43. The topological polar surface area (TPSA) is 59.5 Å². The molecular weight excluding hydrogens is 304 g/mol. The number of para-hydroxylation sites is 1. The highest BCUT2D eigenvalue weighted by Gasteiger charge is 2.27. The Labute approximate surface area is 141 Å². The van der Waals surface area contributed by atoms with Crippen molar-refractivity contribution in [1.82, 2.24) is 9.88 Å². The van der Waals surface area contributed by atoms with Gasteiger partial charge in [-0.2, -0.15) is 0 Å². The quantitative estimate of drug-likeness (QED) is 0.814. The van der Waals surface area contributed by atoms with Gasteiger partial charge in [0.2, 0.25) is 0 Å². The normalized spacial score (nSPS) is 16.8. The van der Waals surface area contributed by atoms with Crippen LogP contribution < -0.4 is 0 Å². The molecular formula is C19H22N2O3. The number of esters is 1. The van der Waals surface area contributed by atoms with Crippen LogP contribution >= 0.6 is 0 Å². The number of hydrogen-bond acceptors (Lipinski definition) is 4. The van der Waals surface area contributed by atoms with Crippen molar-refractivity contribution in [1.29, 1.82) is 0 Å². The summed E-state index contributed by atoms with van der Waals surface area (Å²) in [7, 11) is 0. The van der Waals surface area contributed by atoms with Gasteiger partial charge in [0.1, 0.15) is 5.69 Å². The Morgan fingerprint density at radius 3 is 2.62 bits per heavy atom. The summed E-state index contributed by atoms with van der Waals surface area (Å²) in [6.45, 7) is 5.28. The largest absolute Gasteiger partial charge is 0.448 e. The summed E-state index contributed by atoms with van der Waals surface area (Å²) in [6.07, 6.45) is 1.20. The molecule has 1 atom stereocenters. The predicted molar refractivity (Wildman–Crippen MR) is 91.6 cm³/mol. The lowest BCUT2D eigenvalue weighted by Gasteiger charge is -2.31. The molecule has 1 saturated heterocycles. The smallest absolute Gasteiger partial charge is 0.357 e. The van der Waals surface area contributed by atoms with Crippen molar-refractivity contribution in [2.24, 2.45) is 5.92 Å². The number of pyridine rings is 1. The van der Waals surface area contributed by atoms with Gasteiger partial charge in [0.25, 0.3) is 5.91 Å². The molecule has 5 heteroatoms. The molecule has 2 aromatic rings. The average molecular weight is 326 g/mol. The first-order valence-corrected chi connectivity index (χ1v) is 8.40. The van der Waals surface area contributed by atoms with E-state index in [1.807, 2.05) is 30.3 Å². The summed E-state index contributed by atoms with van der Waals surface area (Å²) in [5.74, 6) is -0.0447. The lowest BCUT2D eigenvalue weighted by Crippen LogP contribution is -2.44. The highest BCUT2D eigenvalue weighted by atomic mass is 16.5. The molecule has 1 aliphatic rings. The summed E-state index contributed by atoms with van der Waals surface area (Å²) in [6, 6.07) is 11.0. The number of piperidine rings is 1. The van der Waals surface area contributed by atoms with Crippen LogP contribution in [0.1, 0.15) is 37.2 Å². The van der Waals surface area contributed by atoms with E-state index in [4.69, 9.17) is 4.74 Å². The van der Waals surface area contributed by atoms with Gasteiger partial charge >= 0.3 is 5.97 Å². The van der Waals surface area contributed by atoms with Crippen molar-refractivity contribution in [3.05, 3.63) is 42.1 Å².